The number of nitriles is 1. The van der Waals surface area contributed by atoms with Crippen LogP contribution < -0.4 is 0 Å². The summed E-state index contributed by atoms with van der Waals surface area (Å²) in [6, 6.07) is 17.0. The van der Waals surface area contributed by atoms with Gasteiger partial charge in [-0.2, -0.15) is 5.26 Å². The molecular weight excluding hydrogens is 224 g/mol. The van der Waals surface area contributed by atoms with Gasteiger partial charge < -0.3 is 9.67 Å². The molecule has 0 radical (unpaired) electrons. The lowest BCUT2D eigenvalue weighted by molar-refractivity contribution is 0.473. The number of benzene rings is 2. The summed E-state index contributed by atoms with van der Waals surface area (Å²) in [5.41, 5.74) is 2.20. The lowest BCUT2D eigenvalue weighted by atomic mass is 10.2. The van der Waals surface area contributed by atoms with Crippen LogP contribution in [0.5, 0.6) is 5.75 Å². The average Bonchev–Trinajstić information content (AvgIpc) is 2.82. The summed E-state index contributed by atoms with van der Waals surface area (Å²) in [5, 5.41) is 19.7. The first-order valence-corrected chi connectivity index (χ1v) is 5.59. The Morgan fingerprint density at radius 1 is 1.06 bits per heavy atom. The number of hydrogen-bond donors (Lipinski definition) is 1. The number of hydrogen-bond acceptors (Lipinski definition) is 2. The van der Waals surface area contributed by atoms with E-state index in [4.69, 9.17) is 5.26 Å². The molecule has 0 aliphatic heterocycles. The summed E-state index contributed by atoms with van der Waals surface area (Å²) in [7, 11) is 0. The summed E-state index contributed by atoms with van der Waals surface area (Å²) in [6.45, 7) is 0. The maximum Gasteiger partial charge on any atom is 0.135 e. The van der Waals surface area contributed by atoms with Crippen LogP contribution in [-0.2, 0) is 0 Å². The monoisotopic (exact) mass is 234 g/mol. The van der Waals surface area contributed by atoms with E-state index in [2.05, 4.69) is 0 Å². The Balaban J connectivity index is 2.21. The second-order valence-electron chi connectivity index (χ2n) is 4.06. The lowest BCUT2D eigenvalue weighted by Crippen LogP contribution is -1.92. The van der Waals surface area contributed by atoms with Gasteiger partial charge in [-0.3, -0.25) is 0 Å². The van der Waals surface area contributed by atoms with Crippen LogP contribution in [0.3, 0.4) is 0 Å². The molecule has 3 nitrogen and oxygen atoms in total. The standard InChI is InChI=1S/C15H10N2O/c16-10-12-5-6-13(9-15(12)18)17-8-7-11-3-1-2-4-14(11)17/h1-9,18H. The number of fused-ring (bicyclic) bond motifs is 1. The Labute approximate surface area is 104 Å². The van der Waals surface area contributed by atoms with E-state index in [1.54, 1.807) is 12.1 Å². The van der Waals surface area contributed by atoms with E-state index in [-0.39, 0.29) is 11.3 Å². The fraction of sp³-hybridized carbons (Fsp3) is 0. The molecule has 0 unspecified atom stereocenters. The van der Waals surface area contributed by atoms with Crippen LogP contribution in [0.4, 0.5) is 0 Å². The summed E-state index contributed by atoms with van der Waals surface area (Å²) in [6.07, 6.45) is 1.95. The number of para-hydroxylation sites is 1. The van der Waals surface area contributed by atoms with E-state index in [0.717, 1.165) is 16.6 Å². The molecule has 3 aromatic rings. The predicted octanol–water partition coefficient (Wildman–Crippen LogP) is 3.21. The first-order valence-electron chi connectivity index (χ1n) is 5.59. The minimum atomic E-state index is 0.00720. The van der Waals surface area contributed by atoms with Crippen molar-refractivity contribution < 1.29 is 5.11 Å². The van der Waals surface area contributed by atoms with E-state index in [9.17, 15) is 5.11 Å². The van der Waals surface area contributed by atoms with Gasteiger partial charge in [-0.05, 0) is 29.7 Å². The summed E-state index contributed by atoms with van der Waals surface area (Å²) in [4.78, 5) is 0. The number of aromatic hydroxyl groups is 1. The molecule has 0 fully saturated rings. The van der Waals surface area contributed by atoms with E-state index in [1.165, 1.54) is 0 Å². The highest BCUT2D eigenvalue weighted by Gasteiger charge is 2.05. The van der Waals surface area contributed by atoms with Gasteiger partial charge in [0.25, 0.3) is 0 Å². The van der Waals surface area contributed by atoms with Crippen LogP contribution in [-0.4, -0.2) is 9.67 Å². The van der Waals surface area contributed by atoms with Crippen molar-refractivity contribution >= 4 is 10.9 Å². The molecule has 1 aromatic heterocycles. The maximum atomic E-state index is 9.73. The summed E-state index contributed by atoms with van der Waals surface area (Å²) >= 11 is 0. The van der Waals surface area contributed by atoms with Crippen molar-refractivity contribution in [2.45, 2.75) is 0 Å². The van der Waals surface area contributed by atoms with Crippen molar-refractivity contribution in [1.29, 1.82) is 5.26 Å². The SMILES string of the molecule is N#Cc1ccc(-n2ccc3ccccc32)cc1O. The van der Waals surface area contributed by atoms with Crippen molar-refractivity contribution in [2.24, 2.45) is 0 Å². The highest BCUT2D eigenvalue weighted by atomic mass is 16.3. The molecule has 2 aromatic carbocycles. The van der Waals surface area contributed by atoms with Gasteiger partial charge in [0.1, 0.15) is 11.8 Å². The first kappa shape index (κ1) is 10.4. The molecule has 18 heavy (non-hydrogen) atoms. The zero-order valence-electron chi connectivity index (χ0n) is 9.54. The summed E-state index contributed by atoms with van der Waals surface area (Å²) in [5.74, 6) is 0.00720. The molecule has 0 spiro atoms. The van der Waals surface area contributed by atoms with Gasteiger partial charge >= 0.3 is 0 Å². The zero-order chi connectivity index (χ0) is 12.5. The normalized spacial score (nSPS) is 10.4. The van der Waals surface area contributed by atoms with Crippen molar-refractivity contribution in [3.05, 3.63) is 60.3 Å². The van der Waals surface area contributed by atoms with Crippen LogP contribution in [0.1, 0.15) is 5.56 Å². The Bertz CT molecular complexity index is 766. The third-order valence-corrected chi connectivity index (χ3v) is 2.98. The molecule has 0 amide bonds. The third-order valence-electron chi connectivity index (χ3n) is 2.98. The van der Waals surface area contributed by atoms with Gasteiger partial charge in [-0.25, -0.2) is 0 Å². The van der Waals surface area contributed by atoms with Crippen molar-refractivity contribution in [3.63, 3.8) is 0 Å². The van der Waals surface area contributed by atoms with Crippen molar-refractivity contribution in [3.8, 4) is 17.5 Å². The predicted molar refractivity (Wildman–Crippen MR) is 69.7 cm³/mol. The number of rotatable bonds is 1. The molecule has 1 heterocycles. The number of phenols is 1. The molecule has 1 N–H and O–H groups in total. The molecule has 0 aliphatic rings. The van der Waals surface area contributed by atoms with Crippen LogP contribution >= 0.6 is 0 Å². The van der Waals surface area contributed by atoms with E-state index >= 15 is 0 Å². The molecule has 0 saturated heterocycles. The fourth-order valence-electron chi connectivity index (χ4n) is 2.07. The van der Waals surface area contributed by atoms with Crippen molar-refractivity contribution in [1.82, 2.24) is 4.57 Å². The van der Waals surface area contributed by atoms with E-state index < -0.39 is 0 Å². The van der Waals surface area contributed by atoms with Crippen LogP contribution in [0.2, 0.25) is 0 Å². The van der Waals surface area contributed by atoms with E-state index in [0.29, 0.717) is 0 Å². The Morgan fingerprint density at radius 2 is 1.89 bits per heavy atom. The van der Waals surface area contributed by atoms with Gasteiger partial charge in [0.2, 0.25) is 0 Å². The molecule has 0 atom stereocenters. The Kier molecular flexibility index (Phi) is 2.28. The highest BCUT2D eigenvalue weighted by molar-refractivity contribution is 5.82. The maximum absolute atomic E-state index is 9.73. The number of nitrogens with zero attached hydrogens (tertiary/aromatic N) is 2. The topological polar surface area (TPSA) is 49.0 Å². The lowest BCUT2D eigenvalue weighted by Gasteiger charge is -2.06. The molecule has 0 bridgehead atoms. The van der Waals surface area contributed by atoms with Crippen LogP contribution in [0.25, 0.3) is 16.6 Å². The quantitative estimate of drug-likeness (QED) is 0.702. The van der Waals surface area contributed by atoms with Crippen LogP contribution in [0.15, 0.2) is 54.7 Å². The third kappa shape index (κ3) is 1.52. The molecule has 3 rings (SSSR count). The Hall–Kier alpha value is -2.73. The minimum Gasteiger partial charge on any atom is -0.506 e. The molecule has 0 aliphatic carbocycles. The summed E-state index contributed by atoms with van der Waals surface area (Å²) < 4.78 is 1.98. The molecular formula is C15H10N2O. The fourth-order valence-corrected chi connectivity index (χ4v) is 2.07. The van der Waals surface area contributed by atoms with E-state index in [1.807, 2.05) is 53.2 Å². The van der Waals surface area contributed by atoms with Gasteiger partial charge in [-0.1, -0.05) is 18.2 Å². The molecule has 0 saturated carbocycles. The zero-order valence-corrected chi connectivity index (χ0v) is 9.54. The molecule has 3 heteroatoms. The van der Waals surface area contributed by atoms with Gasteiger partial charge in [0, 0.05) is 18.0 Å². The molecule has 86 valence electrons. The number of phenolic OH excluding ortho intramolecular Hbond substituents is 1. The van der Waals surface area contributed by atoms with Crippen LogP contribution in [0, 0.1) is 11.3 Å². The van der Waals surface area contributed by atoms with Crippen molar-refractivity contribution in [2.75, 3.05) is 0 Å². The first-order chi connectivity index (χ1) is 8.79. The number of aromatic nitrogens is 1. The van der Waals surface area contributed by atoms with Gasteiger partial charge in [0.15, 0.2) is 0 Å². The van der Waals surface area contributed by atoms with Gasteiger partial charge in [0.05, 0.1) is 11.1 Å². The largest absolute Gasteiger partial charge is 0.506 e. The van der Waals surface area contributed by atoms with Gasteiger partial charge in [-0.15, -0.1) is 0 Å². The second kappa shape index (κ2) is 3.94. The highest BCUT2D eigenvalue weighted by Crippen LogP contribution is 2.24. The smallest absolute Gasteiger partial charge is 0.135 e. The minimum absolute atomic E-state index is 0.00720. The second-order valence-corrected chi connectivity index (χ2v) is 4.06. The Morgan fingerprint density at radius 3 is 2.67 bits per heavy atom. The average molecular weight is 234 g/mol.